The molecule has 1 aromatic carbocycles. The molecule has 19 heavy (non-hydrogen) atoms. The molecule has 0 amide bonds. The van der Waals surface area contributed by atoms with E-state index in [0.29, 0.717) is 5.56 Å². The molecule has 1 aromatic heterocycles. The van der Waals surface area contributed by atoms with Crippen LogP contribution in [0.3, 0.4) is 0 Å². The van der Waals surface area contributed by atoms with Crippen LogP contribution in [0.1, 0.15) is 41.7 Å². The fourth-order valence-electron chi connectivity index (χ4n) is 2.22. The smallest absolute Gasteiger partial charge is 0.336 e. The molecule has 0 saturated carbocycles. The Hall–Kier alpha value is -2.16. The fourth-order valence-corrected chi connectivity index (χ4v) is 2.22. The molecule has 0 aliphatic rings. The number of rotatable bonds is 5. The van der Waals surface area contributed by atoms with E-state index in [9.17, 15) is 4.79 Å². The van der Waals surface area contributed by atoms with Crippen molar-refractivity contribution in [3.05, 3.63) is 66.0 Å². The molecule has 3 nitrogen and oxygen atoms in total. The Bertz CT molecular complexity index is 534. The number of nitrogens with zero attached hydrogens (tertiary/aromatic N) is 1. The van der Waals surface area contributed by atoms with E-state index < -0.39 is 5.97 Å². The van der Waals surface area contributed by atoms with Gasteiger partial charge in [-0.05, 0) is 6.42 Å². The highest BCUT2D eigenvalue weighted by molar-refractivity contribution is 5.87. The minimum atomic E-state index is -0.890. The van der Waals surface area contributed by atoms with E-state index in [0.717, 1.165) is 12.8 Å². The van der Waals surface area contributed by atoms with Crippen molar-refractivity contribution in [3.8, 4) is 0 Å². The van der Waals surface area contributed by atoms with Gasteiger partial charge in [-0.25, -0.2) is 4.79 Å². The summed E-state index contributed by atoms with van der Waals surface area (Å²) in [4.78, 5) is 10.9. The van der Waals surface area contributed by atoms with E-state index in [1.807, 2.05) is 30.6 Å². The van der Waals surface area contributed by atoms with Gasteiger partial charge in [0.1, 0.15) is 0 Å². The van der Waals surface area contributed by atoms with Gasteiger partial charge in [-0.1, -0.05) is 37.3 Å². The molecule has 0 aliphatic carbocycles. The second kappa shape index (κ2) is 6.14. The number of hydrogen-bond acceptors (Lipinski definition) is 1. The predicted molar refractivity (Wildman–Crippen MR) is 73.1 cm³/mol. The molecule has 0 fully saturated rings. The summed E-state index contributed by atoms with van der Waals surface area (Å²) in [6, 6.07) is 13.8. The summed E-state index contributed by atoms with van der Waals surface area (Å²) in [7, 11) is 0. The van der Waals surface area contributed by atoms with Gasteiger partial charge < -0.3 is 5.11 Å². The third kappa shape index (κ3) is 3.19. The van der Waals surface area contributed by atoms with Crippen LogP contribution in [0, 0.1) is 0 Å². The molecule has 1 heterocycles. The average Bonchev–Trinajstić information content (AvgIpc) is 2.46. The number of carbonyl (C=O) groups is 1. The summed E-state index contributed by atoms with van der Waals surface area (Å²) in [5.41, 5.74) is 1.57. The van der Waals surface area contributed by atoms with Crippen LogP contribution in [0.4, 0.5) is 0 Å². The highest BCUT2D eigenvalue weighted by Crippen LogP contribution is 2.17. The maximum absolute atomic E-state index is 10.9. The van der Waals surface area contributed by atoms with Crippen molar-refractivity contribution in [1.29, 1.82) is 0 Å². The van der Waals surface area contributed by atoms with E-state index in [1.165, 1.54) is 5.56 Å². The first-order valence-corrected chi connectivity index (χ1v) is 6.51. The zero-order valence-corrected chi connectivity index (χ0v) is 11.0. The Morgan fingerprint density at radius 1 is 1.16 bits per heavy atom. The molecule has 3 heteroatoms. The molecule has 1 unspecified atom stereocenters. The normalized spacial score (nSPS) is 12.1. The van der Waals surface area contributed by atoms with Crippen molar-refractivity contribution in [1.82, 2.24) is 0 Å². The van der Waals surface area contributed by atoms with Crippen molar-refractivity contribution in [2.75, 3.05) is 0 Å². The highest BCUT2D eigenvalue weighted by Gasteiger charge is 2.19. The Morgan fingerprint density at radius 2 is 1.79 bits per heavy atom. The van der Waals surface area contributed by atoms with E-state index in [1.54, 1.807) is 12.1 Å². The van der Waals surface area contributed by atoms with Crippen LogP contribution < -0.4 is 4.57 Å². The van der Waals surface area contributed by atoms with Gasteiger partial charge >= 0.3 is 5.97 Å². The van der Waals surface area contributed by atoms with Crippen molar-refractivity contribution >= 4 is 5.97 Å². The number of benzene rings is 1. The first-order chi connectivity index (χ1) is 9.22. The van der Waals surface area contributed by atoms with Gasteiger partial charge in [0.25, 0.3) is 0 Å². The number of hydrogen-bond donors (Lipinski definition) is 1. The van der Waals surface area contributed by atoms with E-state index in [2.05, 4.69) is 23.6 Å². The van der Waals surface area contributed by atoms with Gasteiger partial charge in [0.15, 0.2) is 18.4 Å². The highest BCUT2D eigenvalue weighted by atomic mass is 16.4. The Morgan fingerprint density at radius 3 is 2.32 bits per heavy atom. The van der Waals surface area contributed by atoms with Gasteiger partial charge in [0, 0.05) is 24.1 Å². The summed E-state index contributed by atoms with van der Waals surface area (Å²) < 4.78 is 2.07. The van der Waals surface area contributed by atoms with Crippen molar-refractivity contribution < 1.29 is 14.5 Å². The molecular formula is C16H18NO2+. The topological polar surface area (TPSA) is 41.2 Å². The third-order valence-electron chi connectivity index (χ3n) is 3.21. The molecule has 0 radical (unpaired) electrons. The Kier molecular flexibility index (Phi) is 4.29. The second-order valence-electron chi connectivity index (χ2n) is 4.55. The first-order valence-electron chi connectivity index (χ1n) is 6.51. The van der Waals surface area contributed by atoms with Crippen LogP contribution in [0.15, 0.2) is 54.9 Å². The van der Waals surface area contributed by atoms with Crippen LogP contribution in [-0.4, -0.2) is 11.1 Å². The molecule has 1 atom stereocenters. The maximum Gasteiger partial charge on any atom is 0.336 e. The van der Waals surface area contributed by atoms with Crippen LogP contribution >= 0.6 is 0 Å². The zero-order chi connectivity index (χ0) is 13.7. The molecule has 0 bridgehead atoms. The summed E-state index contributed by atoms with van der Waals surface area (Å²) >= 11 is 0. The van der Waals surface area contributed by atoms with Gasteiger partial charge in [0.05, 0.1) is 5.56 Å². The minimum absolute atomic E-state index is 0.258. The van der Waals surface area contributed by atoms with E-state index >= 15 is 0 Å². The van der Waals surface area contributed by atoms with Crippen LogP contribution in [0.25, 0.3) is 0 Å². The standard InChI is InChI=1S/C16H17NO2/c1-2-6-15(13-7-4-3-5-8-13)17-11-9-14(10-12-17)16(18)19/h3-5,7-12,15H,2,6H2,1H3/p+1. The molecule has 0 aliphatic heterocycles. The Balaban J connectivity index is 2.31. The average molecular weight is 256 g/mol. The van der Waals surface area contributed by atoms with Gasteiger partial charge in [-0.15, -0.1) is 0 Å². The quantitative estimate of drug-likeness (QED) is 0.835. The van der Waals surface area contributed by atoms with Crippen molar-refractivity contribution in [2.24, 2.45) is 0 Å². The largest absolute Gasteiger partial charge is 0.478 e. The van der Waals surface area contributed by atoms with Crippen LogP contribution in [-0.2, 0) is 0 Å². The van der Waals surface area contributed by atoms with Crippen molar-refractivity contribution in [3.63, 3.8) is 0 Å². The van der Waals surface area contributed by atoms with E-state index in [4.69, 9.17) is 5.11 Å². The molecule has 0 spiro atoms. The number of aromatic nitrogens is 1. The predicted octanol–water partition coefficient (Wildman–Crippen LogP) is 3.06. The fraction of sp³-hybridized carbons (Fsp3) is 0.250. The number of pyridine rings is 1. The summed E-state index contributed by atoms with van der Waals surface area (Å²) in [5.74, 6) is -0.890. The van der Waals surface area contributed by atoms with Gasteiger partial charge in [-0.2, -0.15) is 4.57 Å². The number of carboxylic acid groups (broad SMARTS) is 1. The maximum atomic E-state index is 10.9. The number of aromatic carboxylic acids is 1. The minimum Gasteiger partial charge on any atom is -0.478 e. The molecular weight excluding hydrogens is 238 g/mol. The second-order valence-corrected chi connectivity index (χ2v) is 4.55. The first kappa shape index (κ1) is 13.3. The van der Waals surface area contributed by atoms with Crippen LogP contribution in [0.5, 0.6) is 0 Å². The summed E-state index contributed by atoms with van der Waals surface area (Å²) in [6.07, 6.45) is 5.79. The van der Waals surface area contributed by atoms with Crippen molar-refractivity contribution in [2.45, 2.75) is 25.8 Å². The molecule has 2 rings (SSSR count). The van der Waals surface area contributed by atoms with Crippen LogP contribution in [0.2, 0.25) is 0 Å². The third-order valence-corrected chi connectivity index (χ3v) is 3.21. The SMILES string of the molecule is CCCC(c1ccccc1)[n+]1ccc(C(=O)O)cc1. The van der Waals surface area contributed by atoms with Gasteiger partial charge in [-0.3, -0.25) is 0 Å². The lowest BCUT2D eigenvalue weighted by Gasteiger charge is -2.12. The molecule has 1 N–H and O–H groups in total. The summed E-state index contributed by atoms with van der Waals surface area (Å²) in [5, 5.41) is 8.93. The van der Waals surface area contributed by atoms with E-state index in [-0.39, 0.29) is 6.04 Å². The lowest BCUT2D eigenvalue weighted by atomic mass is 10.0. The monoisotopic (exact) mass is 256 g/mol. The lowest BCUT2D eigenvalue weighted by molar-refractivity contribution is -0.714. The molecule has 98 valence electrons. The van der Waals surface area contributed by atoms with Gasteiger partial charge in [0.2, 0.25) is 0 Å². The molecule has 0 saturated heterocycles. The molecule has 2 aromatic rings. The lowest BCUT2D eigenvalue weighted by Crippen LogP contribution is -2.39. The Labute approximate surface area is 113 Å². The number of carboxylic acids is 1. The summed E-state index contributed by atoms with van der Waals surface area (Å²) in [6.45, 7) is 2.15. The zero-order valence-electron chi connectivity index (χ0n) is 11.0.